The Morgan fingerprint density at radius 3 is 2.82 bits per heavy atom. The molecule has 17 heavy (non-hydrogen) atoms. The molecule has 1 rings (SSSR count). The zero-order valence-corrected chi connectivity index (χ0v) is 8.97. The van der Waals surface area contributed by atoms with Crippen LogP contribution in [0.2, 0.25) is 0 Å². The van der Waals surface area contributed by atoms with E-state index in [1.807, 2.05) is 0 Å². The van der Waals surface area contributed by atoms with E-state index in [-0.39, 0.29) is 18.7 Å². The van der Waals surface area contributed by atoms with Crippen molar-refractivity contribution in [2.75, 3.05) is 6.54 Å². The van der Waals surface area contributed by atoms with Gasteiger partial charge in [-0.1, -0.05) is 5.11 Å². The number of pyridine rings is 1. The van der Waals surface area contributed by atoms with Gasteiger partial charge in [0.05, 0.1) is 11.8 Å². The second-order valence-corrected chi connectivity index (χ2v) is 3.39. The zero-order valence-electron chi connectivity index (χ0n) is 8.97. The molecule has 7 heteroatoms. The molecule has 1 aromatic heterocycles. The van der Waals surface area contributed by atoms with Gasteiger partial charge in [-0.05, 0) is 24.1 Å². The van der Waals surface area contributed by atoms with Crippen LogP contribution in [0.4, 0.5) is 0 Å². The van der Waals surface area contributed by atoms with Gasteiger partial charge in [0, 0.05) is 23.2 Å². The summed E-state index contributed by atoms with van der Waals surface area (Å²) in [4.78, 5) is 16.8. The Bertz CT molecular complexity index is 414. The lowest BCUT2D eigenvalue weighted by Gasteiger charge is -2.16. The average Bonchev–Trinajstić information content (AvgIpc) is 2.38. The van der Waals surface area contributed by atoms with Gasteiger partial charge in [-0.15, -0.1) is 0 Å². The molecule has 90 valence electrons. The number of aromatic nitrogens is 1. The number of hydrogen-bond donors (Lipinski definition) is 2. The molecule has 0 saturated heterocycles. The van der Waals surface area contributed by atoms with Crippen LogP contribution >= 0.6 is 0 Å². The van der Waals surface area contributed by atoms with Gasteiger partial charge in [0.25, 0.3) is 0 Å². The number of carbonyl (C=O) groups excluding carboxylic acids is 1. The van der Waals surface area contributed by atoms with Crippen LogP contribution in [0, 0.1) is 0 Å². The van der Waals surface area contributed by atoms with E-state index in [1.165, 1.54) is 18.3 Å². The van der Waals surface area contributed by atoms with Crippen molar-refractivity contribution in [1.29, 1.82) is 0 Å². The van der Waals surface area contributed by atoms with Gasteiger partial charge in [-0.3, -0.25) is 9.78 Å². The summed E-state index contributed by atoms with van der Waals surface area (Å²) in [6, 6.07) is 2.96. The molecule has 2 atom stereocenters. The number of carbonyl (C=O) groups is 1. The number of nitrogens with zero attached hydrogens (tertiary/aromatic N) is 4. The van der Waals surface area contributed by atoms with E-state index in [1.54, 1.807) is 0 Å². The van der Waals surface area contributed by atoms with E-state index in [9.17, 15) is 15.0 Å². The Balaban J connectivity index is 2.63. The van der Waals surface area contributed by atoms with E-state index in [2.05, 4.69) is 15.0 Å². The van der Waals surface area contributed by atoms with Gasteiger partial charge >= 0.3 is 0 Å². The van der Waals surface area contributed by atoms with Gasteiger partial charge in [-0.2, -0.15) is 0 Å². The minimum Gasteiger partial charge on any atom is -0.390 e. The Morgan fingerprint density at radius 2 is 2.29 bits per heavy atom. The maximum Gasteiger partial charge on any atom is 0.151 e. The van der Waals surface area contributed by atoms with Crippen molar-refractivity contribution >= 4 is 6.29 Å². The molecule has 0 aromatic carbocycles. The van der Waals surface area contributed by atoms with Gasteiger partial charge in [0.2, 0.25) is 0 Å². The molecule has 2 N–H and O–H groups in total. The smallest absolute Gasteiger partial charge is 0.151 e. The largest absolute Gasteiger partial charge is 0.390 e. The summed E-state index contributed by atoms with van der Waals surface area (Å²) in [5, 5.41) is 22.6. The van der Waals surface area contributed by atoms with E-state index in [0.717, 1.165) is 0 Å². The molecule has 0 saturated carbocycles. The average molecular weight is 236 g/mol. The number of hydrogen-bond acceptors (Lipinski definition) is 5. The Hall–Kier alpha value is -1.95. The molecule has 0 amide bonds. The first-order chi connectivity index (χ1) is 8.19. The molecule has 2 unspecified atom stereocenters. The predicted octanol–water partition coefficient (Wildman–Crippen LogP) is 0.989. The molecule has 0 spiro atoms. The minimum absolute atomic E-state index is 0.0984. The fourth-order valence-electron chi connectivity index (χ4n) is 1.25. The standard InChI is InChI=1S/C10H12N4O3/c11-14-13-4-3-9(16)10(17)8-2-1-7(6-15)5-12-8/h1-2,5-6,9-10,16-17H,3-4H2. The normalized spacial score (nSPS) is 13.5. The molecule has 7 nitrogen and oxygen atoms in total. The SMILES string of the molecule is [N-]=[N+]=NCCC(O)C(O)c1ccc(C=O)cn1. The van der Waals surface area contributed by atoms with E-state index in [4.69, 9.17) is 5.53 Å². The van der Waals surface area contributed by atoms with Crippen LogP contribution < -0.4 is 0 Å². The third-order valence-corrected chi connectivity index (χ3v) is 2.20. The van der Waals surface area contributed by atoms with Gasteiger partial charge in [0.1, 0.15) is 6.10 Å². The zero-order chi connectivity index (χ0) is 12.7. The van der Waals surface area contributed by atoms with E-state index >= 15 is 0 Å². The van der Waals surface area contributed by atoms with Crippen LogP contribution in [0.25, 0.3) is 10.4 Å². The third kappa shape index (κ3) is 3.84. The highest BCUT2D eigenvalue weighted by Crippen LogP contribution is 2.16. The van der Waals surface area contributed by atoms with Crippen molar-refractivity contribution in [3.63, 3.8) is 0 Å². The molecule has 0 radical (unpaired) electrons. The predicted molar refractivity (Wildman–Crippen MR) is 59.2 cm³/mol. The number of rotatable bonds is 6. The molecule has 1 aromatic rings. The molecule has 0 bridgehead atoms. The summed E-state index contributed by atoms with van der Waals surface area (Å²) < 4.78 is 0. The number of azide groups is 1. The molecule has 1 heterocycles. The molecule has 0 aliphatic rings. The van der Waals surface area contributed by atoms with Crippen molar-refractivity contribution < 1.29 is 15.0 Å². The number of aliphatic hydroxyl groups excluding tert-OH is 2. The van der Waals surface area contributed by atoms with Crippen LogP contribution in [-0.4, -0.2) is 34.1 Å². The van der Waals surface area contributed by atoms with Gasteiger partial charge in [0.15, 0.2) is 6.29 Å². The lowest BCUT2D eigenvalue weighted by atomic mass is 10.1. The maximum absolute atomic E-state index is 10.4. The highest BCUT2D eigenvalue weighted by Gasteiger charge is 2.18. The molecule has 0 aliphatic heterocycles. The lowest BCUT2D eigenvalue weighted by molar-refractivity contribution is 0.0125. The fourth-order valence-corrected chi connectivity index (χ4v) is 1.25. The van der Waals surface area contributed by atoms with Crippen LogP contribution in [0.3, 0.4) is 0 Å². The summed E-state index contributed by atoms with van der Waals surface area (Å²) in [5.74, 6) is 0. The minimum atomic E-state index is -1.16. The Kier molecular flexibility index (Phi) is 5.09. The monoisotopic (exact) mass is 236 g/mol. The number of aliphatic hydroxyl groups is 2. The van der Waals surface area contributed by atoms with Crippen LogP contribution in [0.1, 0.15) is 28.6 Å². The van der Waals surface area contributed by atoms with E-state index < -0.39 is 12.2 Å². The second kappa shape index (κ2) is 6.59. The highest BCUT2D eigenvalue weighted by molar-refractivity contribution is 5.73. The molecular formula is C10H12N4O3. The second-order valence-electron chi connectivity index (χ2n) is 3.39. The summed E-state index contributed by atoms with van der Waals surface area (Å²) in [7, 11) is 0. The van der Waals surface area contributed by atoms with E-state index in [0.29, 0.717) is 11.8 Å². The summed E-state index contributed by atoms with van der Waals surface area (Å²) in [5.41, 5.74) is 8.72. The highest BCUT2D eigenvalue weighted by atomic mass is 16.3. The van der Waals surface area contributed by atoms with Crippen molar-refractivity contribution in [2.45, 2.75) is 18.6 Å². The molecular weight excluding hydrogens is 224 g/mol. The first kappa shape index (κ1) is 13.1. The van der Waals surface area contributed by atoms with Crippen molar-refractivity contribution in [1.82, 2.24) is 4.98 Å². The first-order valence-corrected chi connectivity index (χ1v) is 4.97. The maximum atomic E-state index is 10.4. The van der Waals surface area contributed by atoms with Crippen LogP contribution in [0.15, 0.2) is 23.4 Å². The summed E-state index contributed by atoms with van der Waals surface area (Å²) in [6.45, 7) is 0.0984. The fraction of sp³-hybridized carbons (Fsp3) is 0.400. The quantitative estimate of drug-likeness (QED) is 0.331. The van der Waals surface area contributed by atoms with Gasteiger partial charge in [-0.25, -0.2) is 0 Å². The Morgan fingerprint density at radius 1 is 1.53 bits per heavy atom. The topological polar surface area (TPSA) is 119 Å². The molecule has 0 aliphatic carbocycles. The summed E-state index contributed by atoms with van der Waals surface area (Å²) in [6.07, 6.45) is -0.130. The first-order valence-electron chi connectivity index (χ1n) is 4.97. The van der Waals surface area contributed by atoms with Crippen LogP contribution in [-0.2, 0) is 0 Å². The summed E-state index contributed by atoms with van der Waals surface area (Å²) >= 11 is 0. The Labute approximate surface area is 97.4 Å². The number of aldehydes is 1. The van der Waals surface area contributed by atoms with Crippen molar-refractivity contribution in [2.24, 2.45) is 5.11 Å². The van der Waals surface area contributed by atoms with Crippen molar-refractivity contribution in [3.8, 4) is 0 Å². The van der Waals surface area contributed by atoms with Gasteiger partial charge < -0.3 is 10.2 Å². The third-order valence-electron chi connectivity index (χ3n) is 2.20. The van der Waals surface area contributed by atoms with Crippen LogP contribution in [0.5, 0.6) is 0 Å². The molecule has 0 fully saturated rings. The van der Waals surface area contributed by atoms with Crippen molar-refractivity contribution in [3.05, 3.63) is 40.0 Å². The lowest BCUT2D eigenvalue weighted by Crippen LogP contribution is -2.20.